The maximum absolute atomic E-state index is 12.8. The highest BCUT2D eigenvalue weighted by molar-refractivity contribution is 5.71. The highest BCUT2D eigenvalue weighted by atomic mass is 16.6. The van der Waals surface area contributed by atoms with E-state index in [0.29, 0.717) is 19.3 Å². The van der Waals surface area contributed by atoms with E-state index in [4.69, 9.17) is 14.2 Å². The Balaban J connectivity index is 4.51. The van der Waals surface area contributed by atoms with Gasteiger partial charge in [0.15, 0.2) is 6.10 Å². The Bertz CT molecular complexity index is 1400. The first-order valence-corrected chi connectivity index (χ1v) is 26.0. The minimum absolute atomic E-state index is 0.108. The third-order valence-electron chi connectivity index (χ3n) is 10.4. The standard InChI is InChI=1S/C59H94O6/c1-4-7-10-13-16-19-22-24-26-28-29-31-33-35-38-41-44-47-50-53-59(62)65-56(54-63-57(60)51-48-45-42-39-36-21-18-15-12-9-6-3)55-64-58(61)52-49-46-43-40-37-34-32-30-27-25-23-20-17-14-11-8-5-2/h7-8,10-11,15-20,24-27,29,31-32,34-35,38,56H,4-6,9,12-14,21-23,28,30,33,36-37,39-55H2,1-3H3/b10-7-,11-8-,18-15-,19-16-,20-17-,26-24-,27-25-,31-29-,34-32-,38-35-/t56-/m0/s1. The van der Waals surface area contributed by atoms with Crippen LogP contribution in [0.1, 0.15) is 213 Å². The van der Waals surface area contributed by atoms with Crippen LogP contribution in [0.3, 0.4) is 0 Å². The van der Waals surface area contributed by atoms with Gasteiger partial charge < -0.3 is 14.2 Å². The van der Waals surface area contributed by atoms with Crippen molar-refractivity contribution in [1.29, 1.82) is 0 Å². The van der Waals surface area contributed by atoms with Crippen molar-refractivity contribution >= 4 is 17.9 Å². The van der Waals surface area contributed by atoms with E-state index in [9.17, 15) is 14.4 Å². The quantitative estimate of drug-likeness (QED) is 0.0262. The van der Waals surface area contributed by atoms with Crippen LogP contribution in [0.5, 0.6) is 0 Å². The lowest BCUT2D eigenvalue weighted by molar-refractivity contribution is -0.167. The smallest absolute Gasteiger partial charge is 0.306 e. The van der Waals surface area contributed by atoms with E-state index >= 15 is 0 Å². The van der Waals surface area contributed by atoms with Crippen molar-refractivity contribution in [2.24, 2.45) is 0 Å². The van der Waals surface area contributed by atoms with Crippen molar-refractivity contribution in [2.45, 2.75) is 219 Å². The normalized spacial score (nSPS) is 13.1. The Morgan fingerprint density at radius 2 is 0.600 bits per heavy atom. The number of unbranched alkanes of at least 4 members (excludes halogenated alkanes) is 14. The zero-order valence-corrected chi connectivity index (χ0v) is 41.7. The van der Waals surface area contributed by atoms with Gasteiger partial charge in [-0.3, -0.25) is 14.4 Å². The first kappa shape index (κ1) is 60.8. The molecule has 0 aromatic heterocycles. The largest absolute Gasteiger partial charge is 0.462 e. The molecular formula is C59H94O6. The summed E-state index contributed by atoms with van der Waals surface area (Å²) in [5.41, 5.74) is 0. The van der Waals surface area contributed by atoms with Crippen molar-refractivity contribution in [3.05, 3.63) is 122 Å². The van der Waals surface area contributed by atoms with Gasteiger partial charge in [-0.25, -0.2) is 0 Å². The van der Waals surface area contributed by atoms with Gasteiger partial charge in [0.25, 0.3) is 0 Å². The second-order valence-corrected chi connectivity index (χ2v) is 16.7. The molecule has 0 aromatic carbocycles. The number of esters is 3. The molecule has 0 aliphatic heterocycles. The highest BCUT2D eigenvalue weighted by Gasteiger charge is 2.19. The molecule has 0 aliphatic rings. The van der Waals surface area contributed by atoms with Crippen LogP contribution in [0.15, 0.2) is 122 Å². The number of ether oxygens (including phenoxy) is 3. The van der Waals surface area contributed by atoms with Gasteiger partial charge in [-0.05, 0) is 122 Å². The number of hydrogen-bond acceptors (Lipinski definition) is 6. The number of rotatable bonds is 45. The minimum Gasteiger partial charge on any atom is -0.462 e. The molecule has 0 fully saturated rings. The predicted molar refractivity (Wildman–Crippen MR) is 279 cm³/mol. The summed E-state index contributed by atoms with van der Waals surface area (Å²) in [5, 5.41) is 0. The molecule has 0 bridgehead atoms. The van der Waals surface area contributed by atoms with E-state index in [1.54, 1.807) is 0 Å². The fourth-order valence-corrected chi connectivity index (χ4v) is 6.56. The van der Waals surface area contributed by atoms with Crippen LogP contribution in [-0.4, -0.2) is 37.2 Å². The van der Waals surface area contributed by atoms with Crippen LogP contribution in [0.25, 0.3) is 0 Å². The Morgan fingerprint density at radius 3 is 0.969 bits per heavy atom. The Kier molecular flexibility index (Phi) is 49.1. The topological polar surface area (TPSA) is 78.9 Å². The van der Waals surface area contributed by atoms with Crippen molar-refractivity contribution < 1.29 is 28.6 Å². The fourth-order valence-electron chi connectivity index (χ4n) is 6.56. The third-order valence-corrected chi connectivity index (χ3v) is 10.4. The van der Waals surface area contributed by atoms with Crippen LogP contribution in [0.2, 0.25) is 0 Å². The Morgan fingerprint density at radius 1 is 0.323 bits per heavy atom. The van der Waals surface area contributed by atoms with Crippen LogP contribution < -0.4 is 0 Å². The molecule has 0 rings (SSSR count). The summed E-state index contributed by atoms with van der Waals surface area (Å²) < 4.78 is 16.7. The zero-order valence-electron chi connectivity index (χ0n) is 41.7. The van der Waals surface area contributed by atoms with Crippen LogP contribution in [0, 0.1) is 0 Å². The lowest BCUT2D eigenvalue weighted by Crippen LogP contribution is -2.30. The molecule has 0 N–H and O–H groups in total. The average molecular weight is 899 g/mol. The molecule has 0 aromatic rings. The van der Waals surface area contributed by atoms with E-state index in [-0.39, 0.29) is 37.5 Å². The van der Waals surface area contributed by atoms with Gasteiger partial charge in [0.2, 0.25) is 0 Å². The molecule has 0 aliphatic carbocycles. The molecule has 65 heavy (non-hydrogen) atoms. The van der Waals surface area contributed by atoms with Gasteiger partial charge in [0.1, 0.15) is 13.2 Å². The van der Waals surface area contributed by atoms with Crippen LogP contribution in [0.4, 0.5) is 0 Å². The molecule has 0 heterocycles. The number of carbonyl (C=O) groups is 3. The van der Waals surface area contributed by atoms with Gasteiger partial charge >= 0.3 is 17.9 Å². The molecule has 6 nitrogen and oxygen atoms in total. The predicted octanol–water partition coefficient (Wildman–Crippen LogP) is 17.3. The number of hydrogen-bond donors (Lipinski definition) is 0. The molecule has 6 heteroatoms. The van der Waals surface area contributed by atoms with E-state index in [1.165, 1.54) is 25.7 Å². The van der Waals surface area contributed by atoms with Crippen molar-refractivity contribution in [3.8, 4) is 0 Å². The zero-order chi connectivity index (χ0) is 47.2. The maximum Gasteiger partial charge on any atom is 0.306 e. The van der Waals surface area contributed by atoms with Gasteiger partial charge in [-0.2, -0.15) is 0 Å². The third kappa shape index (κ3) is 50.7. The second kappa shape index (κ2) is 52.4. The summed E-state index contributed by atoms with van der Waals surface area (Å²) >= 11 is 0. The minimum atomic E-state index is -0.812. The van der Waals surface area contributed by atoms with Crippen molar-refractivity contribution in [2.75, 3.05) is 13.2 Å². The SMILES string of the molecule is CC/C=C\C/C=C\C/C=C\C/C=C\C/C=C\CCCCCC(=O)O[C@H](COC(=O)CCCCCC/C=C\C/C=C\C/C=C\C/C=C\CC)COC(=O)CCCCCCC/C=C\CCCC. The molecule has 0 spiro atoms. The van der Waals surface area contributed by atoms with Crippen LogP contribution in [-0.2, 0) is 28.6 Å². The van der Waals surface area contributed by atoms with Gasteiger partial charge in [0, 0.05) is 19.3 Å². The molecule has 0 saturated carbocycles. The number of carbonyl (C=O) groups excluding carboxylic acids is 3. The number of allylic oxidation sites excluding steroid dienone is 20. The molecule has 0 unspecified atom stereocenters. The summed E-state index contributed by atoms with van der Waals surface area (Å²) in [7, 11) is 0. The van der Waals surface area contributed by atoms with Crippen LogP contribution >= 0.6 is 0 Å². The van der Waals surface area contributed by atoms with E-state index in [2.05, 4.69) is 142 Å². The van der Waals surface area contributed by atoms with Crippen molar-refractivity contribution in [3.63, 3.8) is 0 Å². The summed E-state index contributed by atoms with van der Waals surface area (Å²) in [6.07, 6.45) is 71.8. The summed E-state index contributed by atoms with van der Waals surface area (Å²) in [4.78, 5) is 38.0. The maximum atomic E-state index is 12.8. The lowest BCUT2D eigenvalue weighted by Gasteiger charge is -2.18. The first-order valence-electron chi connectivity index (χ1n) is 26.0. The van der Waals surface area contributed by atoms with Crippen molar-refractivity contribution in [1.82, 2.24) is 0 Å². The molecule has 366 valence electrons. The summed E-state index contributed by atoms with van der Waals surface area (Å²) in [5.74, 6) is -0.982. The Labute approximate surface area is 399 Å². The van der Waals surface area contributed by atoms with Gasteiger partial charge in [-0.1, -0.05) is 194 Å². The van der Waals surface area contributed by atoms with E-state index in [0.717, 1.165) is 141 Å². The van der Waals surface area contributed by atoms with Gasteiger partial charge in [0.05, 0.1) is 0 Å². The molecule has 0 amide bonds. The van der Waals surface area contributed by atoms with E-state index in [1.807, 2.05) is 0 Å². The summed E-state index contributed by atoms with van der Waals surface area (Å²) in [6, 6.07) is 0. The first-order chi connectivity index (χ1) is 32.0. The van der Waals surface area contributed by atoms with E-state index < -0.39 is 6.10 Å². The average Bonchev–Trinajstić information content (AvgIpc) is 3.30. The fraction of sp³-hybridized carbons (Fsp3) is 0.610. The Hall–Kier alpha value is -4.19. The monoisotopic (exact) mass is 899 g/mol. The highest BCUT2D eigenvalue weighted by Crippen LogP contribution is 2.12. The second-order valence-electron chi connectivity index (χ2n) is 16.7. The van der Waals surface area contributed by atoms with Gasteiger partial charge in [-0.15, -0.1) is 0 Å². The molecule has 0 saturated heterocycles. The molecule has 0 radical (unpaired) electrons. The lowest BCUT2D eigenvalue weighted by atomic mass is 10.1. The summed E-state index contributed by atoms with van der Waals surface area (Å²) in [6.45, 7) is 6.30. The molecule has 1 atom stereocenters. The molecular weight excluding hydrogens is 805 g/mol.